The Morgan fingerprint density at radius 1 is 0.267 bits per heavy atom. The molecule has 0 aliphatic carbocycles. The van der Waals surface area contributed by atoms with Crippen molar-refractivity contribution in [3.05, 3.63) is 0 Å². The van der Waals surface area contributed by atoms with Crippen molar-refractivity contribution in [2.24, 2.45) is 11.8 Å². The zero-order valence-electron chi connectivity index (χ0n) is 66.2. The number of phosphoric acid groups is 2. The quantitative estimate of drug-likeness (QED) is 0.0222. The first-order chi connectivity index (χ1) is 48.9. The van der Waals surface area contributed by atoms with Crippen molar-refractivity contribution in [2.45, 2.75) is 452 Å². The van der Waals surface area contributed by atoms with Crippen LogP contribution < -0.4 is 0 Å². The first kappa shape index (κ1) is 99.1. The maximum atomic E-state index is 13.1. The molecule has 0 rings (SSSR count). The van der Waals surface area contributed by atoms with Gasteiger partial charge in [0, 0.05) is 25.7 Å². The third kappa shape index (κ3) is 76.1. The second-order valence-corrected chi connectivity index (χ2v) is 33.4. The molecule has 2 unspecified atom stereocenters. The van der Waals surface area contributed by atoms with Gasteiger partial charge in [0.15, 0.2) is 12.2 Å². The number of phosphoric ester groups is 2. The van der Waals surface area contributed by atoms with E-state index in [-0.39, 0.29) is 25.7 Å². The number of rotatable bonds is 81. The summed E-state index contributed by atoms with van der Waals surface area (Å²) in [6.07, 6.45) is 64.0. The molecule has 3 N–H and O–H groups in total. The van der Waals surface area contributed by atoms with E-state index in [1.165, 1.54) is 244 Å². The zero-order chi connectivity index (χ0) is 74.2. The van der Waals surface area contributed by atoms with Crippen molar-refractivity contribution in [3.63, 3.8) is 0 Å². The Labute approximate surface area is 619 Å². The van der Waals surface area contributed by atoms with E-state index in [2.05, 4.69) is 41.5 Å². The van der Waals surface area contributed by atoms with Crippen LogP contribution in [0.5, 0.6) is 0 Å². The molecule has 19 heteroatoms. The van der Waals surface area contributed by atoms with E-state index >= 15 is 0 Å². The van der Waals surface area contributed by atoms with Crippen molar-refractivity contribution in [1.29, 1.82) is 0 Å². The number of carbonyl (C=O) groups excluding carboxylic acids is 4. The number of unbranched alkanes of at least 4 members (excludes halogenated alkanes) is 51. The fourth-order valence-electron chi connectivity index (χ4n) is 12.7. The number of ether oxygens (including phenoxy) is 4. The molecule has 0 saturated carbocycles. The standard InChI is InChI=1S/C82H160O17P2/c1-7-9-11-13-15-17-19-21-23-25-27-29-33-37-41-45-52-58-64-79(84)92-70-77(98-81(86)66-60-54-46-42-38-34-30-28-26-24-22-20-18-16-14-12-10-8-2)72-96-100(88,89)94-68-76(83)69-95-101(90,91)97-73-78(71-93-80(85)65-59-53-49-48-51-57-63-75(5)6)99-82(87)67-61-55-47-43-39-35-31-32-36-40-44-50-56-62-74(3)4/h74-78,83H,7-73H2,1-6H3,(H,88,89)(H,90,91)/t76-,77-,78-/m1/s1. The Morgan fingerprint density at radius 3 is 0.673 bits per heavy atom. The van der Waals surface area contributed by atoms with Crippen LogP contribution in [-0.2, 0) is 65.4 Å². The summed E-state index contributed by atoms with van der Waals surface area (Å²) in [5.74, 6) is -0.643. The molecule has 0 amide bonds. The largest absolute Gasteiger partial charge is 0.472 e. The normalized spacial score (nSPS) is 13.9. The van der Waals surface area contributed by atoms with Gasteiger partial charge in [0.1, 0.15) is 19.3 Å². The fraction of sp³-hybridized carbons (Fsp3) is 0.951. The molecular formula is C82H160O17P2. The van der Waals surface area contributed by atoms with Gasteiger partial charge in [-0.05, 0) is 37.5 Å². The predicted molar refractivity (Wildman–Crippen MR) is 414 cm³/mol. The molecule has 5 atom stereocenters. The van der Waals surface area contributed by atoms with Gasteiger partial charge >= 0.3 is 39.5 Å². The zero-order valence-corrected chi connectivity index (χ0v) is 68.0. The summed E-state index contributed by atoms with van der Waals surface area (Å²) in [5.41, 5.74) is 0. The van der Waals surface area contributed by atoms with E-state index in [1.54, 1.807) is 0 Å². The van der Waals surface area contributed by atoms with Gasteiger partial charge in [-0.2, -0.15) is 0 Å². The van der Waals surface area contributed by atoms with Crippen molar-refractivity contribution in [2.75, 3.05) is 39.6 Å². The smallest absolute Gasteiger partial charge is 0.462 e. The summed E-state index contributed by atoms with van der Waals surface area (Å²) in [4.78, 5) is 73.0. The Bertz CT molecular complexity index is 1940. The van der Waals surface area contributed by atoms with Crippen molar-refractivity contribution >= 4 is 39.5 Å². The third-order valence-electron chi connectivity index (χ3n) is 19.2. The maximum absolute atomic E-state index is 13.1. The number of carbonyl (C=O) groups is 4. The lowest BCUT2D eigenvalue weighted by molar-refractivity contribution is -0.161. The topological polar surface area (TPSA) is 237 Å². The molecule has 0 aromatic rings. The van der Waals surface area contributed by atoms with Crippen LogP contribution in [0, 0.1) is 11.8 Å². The molecule has 0 aromatic carbocycles. The van der Waals surface area contributed by atoms with Gasteiger partial charge in [0.2, 0.25) is 0 Å². The van der Waals surface area contributed by atoms with Crippen LogP contribution in [0.2, 0.25) is 0 Å². The molecule has 0 aliphatic rings. The van der Waals surface area contributed by atoms with Crippen LogP contribution in [0.15, 0.2) is 0 Å². The average Bonchev–Trinajstić information content (AvgIpc) is 0.954. The fourth-order valence-corrected chi connectivity index (χ4v) is 14.3. The minimum atomic E-state index is -4.96. The van der Waals surface area contributed by atoms with Crippen LogP contribution in [-0.4, -0.2) is 96.7 Å². The van der Waals surface area contributed by atoms with Crippen LogP contribution in [0.1, 0.15) is 433 Å². The number of aliphatic hydroxyl groups is 1. The minimum Gasteiger partial charge on any atom is -0.462 e. The molecule has 0 aromatic heterocycles. The van der Waals surface area contributed by atoms with E-state index in [1.807, 2.05) is 0 Å². The van der Waals surface area contributed by atoms with Crippen molar-refractivity contribution in [1.82, 2.24) is 0 Å². The second kappa shape index (κ2) is 73.6. The van der Waals surface area contributed by atoms with Gasteiger partial charge in [-0.15, -0.1) is 0 Å². The lowest BCUT2D eigenvalue weighted by Crippen LogP contribution is -2.30. The molecule has 0 aliphatic heterocycles. The highest BCUT2D eigenvalue weighted by atomic mass is 31.2. The maximum Gasteiger partial charge on any atom is 0.472 e. The van der Waals surface area contributed by atoms with Crippen LogP contribution in [0.25, 0.3) is 0 Å². The van der Waals surface area contributed by atoms with Crippen molar-refractivity contribution in [3.8, 4) is 0 Å². The summed E-state index contributed by atoms with van der Waals surface area (Å²) in [7, 11) is -9.92. The number of esters is 4. The summed E-state index contributed by atoms with van der Waals surface area (Å²) in [6, 6.07) is 0. The molecule has 600 valence electrons. The molecule has 0 saturated heterocycles. The molecule has 0 heterocycles. The van der Waals surface area contributed by atoms with Gasteiger partial charge in [-0.25, -0.2) is 9.13 Å². The van der Waals surface area contributed by atoms with Gasteiger partial charge in [-0.3, -0.25) is 37.3 Å². The first-order valence-electron chi connectivity index (χ1n) is 42.5. The highest BCUT2D eigenvalue weighted by molar-refractivity contribution is 7.47. The van der Waals surface area contributed by atoms with Gasteiger partial charge in [0.05, 0.1) is 26.4 Å². The van der Waals surface area contributed by atoms with E-state index in [0.717, 1.165) is 102 Å². The Hall–Kier alpha value is -1.94. The summed E-state index contributed by atoms with van der Waals surface area (Å²) in [6.45, 7) is 9.58. The SMILES string of the molecule is CCCCCCCCCCCCCCCCCCCCC(=O)OC[C@H](COP(=O)(O)OC[C@@H](O)COP(=O)(O)OC[C@@H](COC(=O)CCCCCCCCC(C)C)OC(=O)CCCCCCCCCCCCCCCC(C)C)OC(=O)CCCCCCCCCCCCCCCCCCCC. The molecule has 0 spiro atoms. The highest BCUT2D eigenvalue weighted by Crippen LogP contribution is 2.45. The molecule has 101 heavy (non-hydrogen) atoms. The van der Waals surface area contributed by atoms with Crippen LogP contribution in [0.4, 0.5) is 0 Å². The van der Waals surface area contributed by atoms with Crippen LogP contribution in [0.3, 0.4) is 0 Å². The van der Waals surface area contributed by atoms with Crippen molar-refractivity contribution < 1.29 is 80.2 Å². The minimum absolute atomic E-state index is 0.106. The third-order valence-corrected chi connectivity index (χ3v) is 21.1. The van der Waals surface area contributed by atoms with E-state index in [9.17, 15) is 43.2 Å². The molecule has 0 bridgehead atoms. The van der Waals surface area contributed by atoms with E-state index in [4.69, 9.17) is 37.0 Å². The van der Waals surface area contributed by atoms with E-state index < -0.39 is 97.5 Å². The van der Waals surface area contributed by atoms with Crippen LogP contribution >= 0.6 is 15.6 Å². The lowest BCUT2D eigenvalue weighted by Gasteiger charge is -2.21. The monoisotopic (exact) mass is 1480 g/mol. The molecule has 0 fully saturated rings. The number of hydrogen-bond donors (Lipinski definition) is 3. The van der Waals surface area contributed by atoms with Gasteiger partial charge < -0.3 is 33.8 Å². The predicted octanol–water partition coefficient (Wildman–Crippen LogP) is 24.7. The second-order valence-electron chi connectivity index (χ2n) is 30.5. The first-order valence-corrected chi connectivity index (χ1v) is 45.5. The summed E-state index contributed by atoms with van der Waals surface area (Å²) >= 11 is 0. The average molecular weight is 1480 g/mol. The number of hydrogen-bond acceptors (Lipinski definition) is 15. The molecular weight excluding hydrogens is 1320 g/mol. The molecule has 0 radical (unpaired) electrons. The summed E-state index contributed by atoms with van der Waals surface area (Å²) in [5, 5.41) is 10.6. The van der Waals surface area contributed by atoms with E-state index in [0.29, 0.717) is 31.6 Å². The Balaban J connectivity index is 5.22. The molecule has 17 nitrogen and oxygen atoms in total. The van der Waals surface area contributed by atoms with Gasteiger partial charge in [-0.1, -0.05) is 382 Å². The Morgan fingerprint density at radius 2 is 0.455 bits per heavy atom. The summed E-state index contributed by atoms with van der Waals surface area (Å²) < 4.78 is 68.7. The Kier molecular flexibility index (Phi) is 72.2. The number of aliphatic hydroxyl groups excluding tert-OH is 1. The highest BCUT2D eigenvalue weighted by Gasteiger charge is 2.30. The van der Waals surface area contributed by atoms with Gasteiger partial charge in [0.25, 0.3) is 0 Å². The lowest BCUT2D eigenvalue weighted by atomic mass is 10.0.